The summed E-state index contributed by atoms with van der Waals surface area (Å²) in [4.78, 5) is 11.4. The minimum absolute atomic E-state index is 0.240. The van der Waals surface area contributed by atoms with Gasteiger partial charge in [-0.1, -0.05) is 6.07 Å². The second-order valence-electron chi connectivity index (χ2n) is 5.60. The van der Waals surface area contributed by atoms with Gasteiger partial charge in [0, 0.05) is 29.6 Å². The number of nitrogens with two attached hydrogens (primary N) is 1. The summed E-state index contributed by atoms with van der Waals surface area (Å²) in [6.45, 7) is 1.93. The van der Waals surface area contributed by atoms with Gasteiger partial charge in [0.2, 0.25) is 5.91 Å². The van der Waals surface area contributed by atoms with Gasteiger partial charge in [-0.2, -0.15) is 5.10 Å². The summed E-state index contributed by atoms with van der Waals surface area (Å²) >= 11 is 0. The predicted molar refractivity (Wildman–Crippen MR) is 82.2 cm³/mol. The van der Waals surface area contributed by atoms with Crippen molar-refractivity contribution in [3.05, 3.63) is 46.8 Å². The molecule has 0 bridgehead atoms. The van der Waals surface area contributed by atoms with Crippen molar-refractivity contribution in [1.82, 2.24) is 9.78 Å². The Morgan fingerprint density at radius 1 is 1.48 bits per heavy atom. The fourth-order valence-corrected chi connectivity index (χ4v) is 3.10. The van der Waals surface area contributed by atoms with Crippen molar-refractivity contribution in [3.8, 4) is 0 Å². The molecule has 0 aliphatic heterocycles. The Hall–Kier alpha value is -2.30. The molecule has 1 aromatic carbocycles. The third-order valence-corrected chi connectivity index (χ3v) is 4.30. The van der Waals surface area contributed by atoms with Crippen LogP contribution in [0.3, 0.4) is 0 Å². The van der Waals surface area contributed by atoms with Gasteiger partial charge in [0.1, 0.15) is 0 Å². The van der Waals surface area contributed by atoms with E-state index in [4.69, 9.17) is 5.73 Å². The maximum Gasteiger partial charge on any atom is 0.249 e. The molecule has 1 unspecified atom stereocenters. The minimum Gasteiger partial charge on any atom is -0.378 e. The number of hydrogen-bond acceptors (Lipinski definition) is 3. The summed E-state index contributed by atoms with van der Waals surface area (Å²) in [5.41, 5.74) is 10.4. The largest absolute Gasteiger partial charge is 0.378 e. The molecule has 0 fully saturated rings. The molecule has 1 heterocycles. The fraction of sp³-hybridized carbons (Fsp3) is 0.375. The summed E-state index contributed by atoms with van der Waals surface area (Å²) in [6, 6.07) is 5.86. The third kappa shape index (κ3) is 2.39. The summed E-state index contributed by atoms with van der Waals surface area (Å²) in [7, 11) is 1.99. The van der Waals surface area contributed by atoms with Gasteiger partial charge < -0.3 is 11.1 Å². The van der Waals surface area contributed by atoms with Crippen molar-refractivity contribution in [2.45, 2.75) is 32.2 Å². The van der Waals surface area contributed by atoms with Crippen LogP contribution >= 0.6 is 0 Å². The lowest BCUT2D eigenvalue weighted by molar-refractivity contribution is 0.1000. The molecule has 0 radical (unpaired) electrons. The number of aryl methyl sites for hydroxylation is 1. The first-order chi connectivity index (χ1) is 10.1. The van der Waals surface area contributed by atoms with E-state index in [0.717, 1.165) is 30.5 Å². The first-order valence-corrected chi connectivity index (χ1v) is 7.24. The molecule has 2 aromatic rings. The van der Waals surface area contributed by atoms with E-state index in [9.17, 15) is 4.79 Å². The van der Waals surface area contributed by atoms with E-state index in [0.29, 0.717) is 5.56 Å². The minimum atomic E-state index is -0.387. The number of fused-ring (bicyclic) bond motifs is 1. The SMILES string of the molecule is Cc1c(NC2CCCc3c2cnn3C)cccc1C(N)=O. The van der Waals surface area contributed by atoms with Gasteiger partial charge in [-0.3, -0.25) is 9.48 Å². The zero-order chi connectivity index (χ0) is 15.0. The smallest absolute Gasteiger partial charge is 0.249 e. The molecule has 5 nitrogen and oxygen atoms in total. The lowest BCUT2D eigenvalue weighted by Gasteiger charge is -2.26. The van der Waals surface area contributed by atoms with E-state index in [1.807, 2.05) is 37.0 Å². The lowest BCUT2D eigenvalue weighted by Crippen LogP contribution is -2.19. The van der Waals surface area contributed by atoms with Crippen LogP contribution in [0, 0.1) is 6.92 Å². The van der Waals surface area contributed by atoms with E-state index >= 15 is 0 Å². The van der Waals surface area contributed by atoms with Crippen molar-refractivity contribution in [3.63, 3.8) is 0 Å². The van der Waals surface area contributed by atoms with Crippen LogP contribution in [-0.2, 0) is 13.5 Å². The number of carbonyl (C=O) groups is 1. The number of primary amides is 1. The van der Waals surface area contributed by atoms with E-state index in [1.54, 1.807) is 6.07 Å². The van der Waals surface area contributed by atoms with Crippen LogP contribution in [0.5, 0.6) is 0 Å². The summed E-state index contributed by atoms with van der Waals surface area (Å²) in [6.07, 6.45) is 5.22. The molecular weight excluding hydrogens is 264 g/mol. The van der Waals surface area contributed by atoms with Crippen LogP contribution in [0.1, 0.15) is 46.1 Å². The Morgan fingerprint density at radius 2 is 2.29 bits per heavy atom. The molecule has 0 saturated heterocycles. The number of amides is 1. The molecule has 1 aromatic heterocycles. The van der Waals surface area contributed by atoms with Crippen LogP contribution in [0.15, 0.2) is 24.4 Å². The molecule has 1 aliphatic carbocycles. The molecule has 5 heteroatoms. The zero-order valence-electron chi connectivity index (χ0n) is 12.4. The van der Waals surface area contributed by atoms with E-state index in [2.05, 4.69) is 10.4 Å². The van der Waals surface area contributed by atoms with Crippen LogP contribution < -0.4 is 11.1 Å². The highest BCUT2D eigenvalue weighted by atomic mass is 16.1. The molecular formula is C16H20N4O. The van der Waals surface area contributed by atoms with Crippen molar-refractivity contribution in [2.24, 2.45) is 12.8 Å². The Morgan fingerprint density at radius 3 is 3.05 bits per heavy atom. The monoisotopic (exact) mass is 284 g/mol. The van der Waals surface area contributed by atoms with Gasteiger partial charge in [0.15, 0.2) is 0 Å². The van der Waals surface area contributed by atoms with Crippen molar-refractivity contribution < 1.29 is 4.79 Å². The summed E-state index contributed by atoms with van der Waals surface area (Å²) in [5, 5.41) is 7.91. The number of carbonyl (C=O) groups excluding carboxylic acids is 1. The molecule has 0 saturated carbocycles. The van der Waals surface area contributed by atoms with Gasteiger partial charge in [-0.25, -0.2) is 0 Å². The first-order valence-electron chi connectivity index (χ1n) is 7.24. The Labute approximate surface area is 124 Å². The van der Waals surface area contributed by atoms with Crippen LogP contribution in [0.4, 0.5) is 5.69 Å². The number of anilines is 1. The highest BCUT2D eigenvalue weighted by Crippen LogP contribution is 2.33. The van der Waals surface area contributed by atoms with Crippen molar-refractivity contribution in [2.75, 3.05) is 5.32 Å². The number of rotatable bonds is 3. The molecule has 1 amide bonds. The summed E-state index contributed by atoms with van der Waals surface area (Å²) < 4.78 is 1.95. The number of nitrogens with zero attached hydrogens (tertiary/aromatic N) is 2. The van der Waals surface area contributed by atoms with E-state index in [-0.39, 0.29) is 11.9 Å². The number of aromatic nitrogens is 2. The second-order valence-corrected chi connectivity index (χ2v) is 5.60. The Balaban J connectivity index is 1.92. The average molecular weight is 284 g/mol. The normalized spacial score (nSPS) is 17.3. The fourth-order valence-electron chi connectivity index (χ4n) is 3.10. The molecule has 0 spiro atoms. The predicted octanol–water partition coefficient (Wildman–Crippen LogP) is 2.32. The molecule has 3 rings (SSSR count). The third-order valence-electron chi connectivity index (χ3n) is 4.30. The van der Waals surface area contributed by atoms with Gasteiger partial charge in [-0.05, 0) is 43.9 Å². The van der Waals surface area contributed by atoms with Crippen LogP contribution in [-0.4, -0.2) is 15.7 Å². The Kier molecular flexibility index (Phi) is 3.41. The van der Waals surface area contributed by atoms with Gasteiger partial charge in [-0.15, -0.1) is 0 Å². The van der Waals surface area contributed by atoms with Crippen LogP contribution in [0.25, 0.3) is 0 Å². The number of benzene rings is 1. The number of nitrogens with one attached hydrogen (secondary N) is 1. The maximum atomic E-state index is 11.4. The number of hydrogen-bond donors (Lipinski definition) is 2. The average Bonchev–Trinajstić information content (AvgIpc) is 2.84. The first kappa shape index (κ1) is 13.7. The molecule has 1 aliphatic rings. The summed E-state index contributed by atoms with van der Waals surface area (Å²) in [5.74, 6) is -0.387. The lowest BCUT2D eigenvalue weighted by atomic mass is 9.92. The highest BCUT2D eigenvalue weighted by molar-refractivity contribution is 5.95. The molecule has 3 N–H and O–H groups in total. The van der Waals surface area contributed by atoms with Crippen molar-refractivity contribution >= 4 is 11.6 Å². The van der Waals surface area contributed by atoms with E-state index < -0.39 is 0 Å². The quantitative estimate of drug-likeness (QED) is 0.908. The van der Waals surface area contributed by atoms with Crippen LogP contribution in [0.2, 0.25) is 0 Å². The zero-order valence-corrected chi connectivity index (χ0v) is 12.4. The Bertz CT molecular complexity index is 690. The second kappa shape index (κ2) is 5.24. The molecule has 1 atom stereocenters. The molecule has 110 valence electrons. The maximum absolute atomic E-state index is 11.4. The van der Waals surface area contributed by atoms with E-state index in [1.165, 1.54) is 11.3 Å². The molecule has 21 heavy (non-hydrogen) atoms. The standard InChI is InChI=1S/C16H20N4O/c1-10-11(16(17)21)5-3-6-13(10)19-14-7-4-8-15-12(14)9-18-20(15)2/h3,5-6,9,14,19H,4,7-8H2,1-2H3,(H2,17,21). The topological polar surface area (TPSA) is 72.9 Å². The van der Waals surface area contributed by atoms with Gasteiger partial charge in [0.25, 0.3) is 0 Å². The highest BCUT2D eigenvalue weighted by Gasteiger charge is 2.24. The van der Waals surface area contributed by atoms with Gasteiger partial charge >= 0.3 is 0 Å². The van der Waals surface area contributed by atoms with Gasteiger partial charge in [0.05, 0.1) is 12.2 Å². The van der Waals surface area contributed by atoms with Crippen molar-refractivity contribution in [1.29, 1.82) is 0 Å².